The Morgan fingerprint density at radius 2 is 2.00 bits per heavy atom. The Hall–Kier alpha value is -0.840. The molecule has 0 aromatic carbocycles. The van der Waals surface area contributed by atoms with Crippen LogP contribution in [0.5, 0.6) is 5.88 Å². The van der Waals surface area contributed by atoms with Gasteiger partial charge in [0.2, 0.25) is 5.88 Å². The second-order valence-electron chi connectivity index (χ2n) is 2.95. The minimum atomic E-state index is 0.240. The smallest absolute Gasteiger partial charge is 0.233 e. The number of methoxy groups -OCH3 is 1. The molecule has 0 unspecified atom stereocenters. The molecular weight excluding hydrogens is 234 g/mol. The summed E-state index contributed by atoms with van der Waals surface area (Å²) in [6.45, 7) is 4.00. The molecule has 1 aromatic heterocycles. The summed E-state index contributed by atoms with van der Waals surface area (Å²) >= 11 is 3.25. The van der Waals surface area contributed by atoms with E-state index in [2.05, 4.69) is 25.9 Å². The normalized spacial score (nSPS) is 10.5. The highest BCUT2D eigenvalue weighted by atomic mass is 79.9. The van der Waals surface area contributed by atoms with Crippen molar-refractivity contribution in [2.24, 2.45) is 0 Å². The number of aromatic nitrogens is 2. The molecule has 0 amide bonds. The van der Waals surface area contributed by atoms with Crippen LogP contribution in [0.2, 0.25) is 0 Å². The summed E-state index contributed by atoms with van der Waals surface area (Å²) < 4.78 is 5.65. The highest BCUT2D eigenvalue weighted by molar-refractivity contribution is 9.10. The van der Waals surface area contributed by atoms with E-state index in [9.17, 15) is 0 Å². The lowest BCUT2D eigenvalue weighted by molar-refractivity contribution is 0.391. The Bertz CT molecular complexity index is 315. The van der Waals surface area contributed by atoms with E-state index in [1.807, 2.05) is 13.8 Å². The third-order valence-electron chi connectivity index (χ3n) is 1.57. The molecule has 1 aromatic rings. The predicted molar refractivity (Wildman–Crippen MR) is 54.8 cm³/mol. The van der Waals surface area contributed by atoms with Crippen molar-refractivity contribution in [1.29, 1.82) is 0 Å². The van der Waals surface area contributed by atoms with Crippen LogP contribution in [-0.4, -0.2) is 17.1 Å². The third kappa shape index (κ3) is 2.09. The van der Waals surface area contributed by atoms with E-state index in [1.165, 1.54) is 0 Å². The summed E-state index contributed by atoms with van der Waals surface area (Å²) in [5, 5.41) is 0. The summed E-state index contributed by atoms with van der Waals surface area (Å²) in [6, 6.07) is 0. The van der Waals surface area contributed by atoms with Gasteiger partial charge in [-0.05, 0) is 15.9 Å². The van der Waals surface area contributed by atoms with Crippen molar-refractivity contribution >= 4 is 21.7 Å². The Morgan fingerprint density at radius 1 is 1.38 bits per heavy atom. The van der Waals surface area contributed by atoms with E-state index in [4.69, 9.17) is 10.5 Å². The summed E-state index contributed by atoms with van der Waals surface area (Å²) in [6.07, 6.45) is 0. The van der Waals surface area contributed by atoms with Crippen molar-refractivity contribution in [3.8, 4) is 5.88 Å². The number of hydrogen-bond acceptors (Lipinski definition) is 4. The van der Waals surface area contributed by atoms with Crippen molar-refractivity contribution in [3.63, 3.8) is 0 Å². The number of halogens is 1. The van der Waals surface area contributed by atoms with Gasteiger partial charge < -0.3 is 10.5 Å². The molecule has 0 aliphatic heterocycles. The van der Waals surface area contributed by atoms with Crippen LogP contribution in [0.4, 0.5) is 5.82 Å². The lowest BCUT2D eigenvalue weighted by atomic mass is 10.2. The standard InChI is InChI=1S/C8H12BrN3O/c1-4(2)7-11-6(10)5(9)8(12-7)13-3/h4H,1-3H3,(H2,10,11,12). The van der Waals surface area contributed by atoms with Crippen LogP contribution in [0, 0.1) is 0 Å². The largest absolute Gasteiger partial charge is 0.480 e. The molecule has 0 saturated carbocycles. The highest BCUT2D eigenvalue weighted by Crippen LogP contribution is 2.28. The zero-order valence-electron chi connectivity index (χ0n) is 7.84. The molecular formula is C8H12BrN3O. The average molecular weight is 246 g/mol. The second-order valence-corrected chi connectivity index (χ2v) is 3.74. The molecule has 0 saturated heterocycles. The predicted octanol–water partition coefficient (Wildman–Crippen LogP) is 1.95. The SMILES string of the molecule is COc1nc(C(C)C)nc(N)c1Br. The number of ether oxygens (including phenoxy) is 1. The fraction of sp³-hybridized carbons (Fsp3) is 0.500. The summed E-state index contributed by atoms with van der Waals surface area (Å²) in [7, 11) is 1.55. The van der Waals surface area contributed by atoms with Crippen LogP contribution in [0.1, 0.15) is 25.6 Å². The van der Waals surface area contributed by atoms with E-state index in [1.54, 1.807) is 7.11 Å². The van der Waals surface area contributed by atoms with Crippen LogP contribution in [-0.2, 0) is 0 Å². The Balaban J connectivity index is 3.22. The minimum Gasteiger partial charge on any atom is -0.480 e. The first-order valence-corrected chi connectivity index (χ1v) is 4.72. The minimum absolute atomic E-state index is 0.240. The van der Waals surface area contributed by atoms with Gasteiger partial charge in [-0.15, -0.1) is 0 Å². The fourth-order valence-electron chi connectivity index (χ4n) is 0.854. The van der Waals surface area contributed by atoms with Crippen molar-refractivity contribution in [1.82, 2.24) is 9.97 Å². The number of nitrogen functional groups attached to an aromatic ring is 1. The molecule has 0 spiro atoms. The average Bonchev–Trinajstić information content (AvgIpc) is 2.09. The number of nitrogens with zero attached hydrogens (tertiary/aromatic N) is 2. The van der Waals surface area contributed by atoms with E-state index in [0.29, 0.717) is 22.0 Å². The molecule has 72 valence electrons. The van der Waals surface area contributed by atoms with E-state index in [-0.39, 0.29) is 5.92 Å². The molecule has 0 atom stereocenters. The van der Waals surface area contributed by atoms with Crippen LogP contribution in [0.15, 0.2) is 4.47 Å². The number of rotatable bonds is 2. The molecule has 0 aliphatic carbocycles. The molecule has 0 fully saturated rings. The Morgan fingerprint density at radius 3 is 2.46 bits per heavy atom. The molecule has 1 rings (SSSR count). The van der Waals surface area contributed by atoms with Gasteiger partial charge in [0.1, 0.15) is 16.1 Å². The zero-order chi connectivity index (χ0) is 10.0. The van der Waals surface area contributed by atoms with Gasteiger partial charge in [-0.1, -0.05) is 13.8 Å². The lowest BCUT2D eigenvalue weighted by Gasteiger charge is -2.09. The number of hydrogen-bond donors (Lipinski definition) is 1. The van der Waals surface area contributed by atoms with Gasteiger partial charge in [0.25, 0.3) is 0 Å². The number of anilines is 1. The number of nitrogens with two attached hydrogens (primary N) is 1. The first-order valence-electron chi connectivity index (χ1n) is 3.93. The van der Waals surface area contributed by atoms with E-state index in [0.717, 1.165) is 0 Å². The third-order valence-corrected chi connectivity index (χ3v) is 2.32. The van der Waals surface area contributed by atoms with Crippen LogP contribution < -0.4 is 10.5 Å². The van der Waals surface area contributed by atoms with E-state index < -0.39 is 0 Å². The molecule has 4 nitrogen and oxygen atoms in total. The molecule has 5 heteroatoms. The van der Waals surface area contributed by atoms with Crippen molar-refractivity contribution < 1.29 is 4.74 Å². The molecule has 0 aliphatic rings. The van der Waals surface area contributed by atoms with Crippen molar-refractivity contribution in [2.75, 3.05) is 12.8 Å². The summed E-state index contributed by atoms with van der Waals surface area (Å²) in [4.78, 5) is 8.31. The van der Waals surface area contributed by atoms with Crippen molar-refractivity contribution in [2.45, 2.75) is 19.8 Å². The van der Waals surface area contributed by atoms with Gasteiger partial charge >= 0.3 is 0 Å². The quantitative estimate of drug-likeness (QED) is 0.866. The van der Waals surface area contributed by atoms with Gasteiger partial charge in [0.05, 0.1) is 7.11 Å². The maximum Gasteiger partial charge on any atom is 0.233 e. The Labute approximate surface area is 85.7 Å². The van der Waals surface area contributed by atoms with E-state index >= 15 is 0 Å². The first kappa shape index (κ1) is 10.2. The molecule has 0 bridgehead atoms. The van der Waals surface area contributed by atoms with Gasteiger partial charge in [0, 0.05) is 5.92 Å². The van der Waals surface area contributed by atoms with Gasteiger partial charge in [-0.3, -0.25) is 0 Å². The second kappa shape index (κ2) is 3.91. The monoisotopic (exact) mass is 245 g/mol. The van der Waals surface area contributed by atoms with Gasteiger partial charge in [-0.25, -0.2) is 4.98 Å². The highest BCUT2D eigenvalue weighted by Gasteiger charge is 2.12. The summed E-state index contributed by atoms with van der Waals surface area (Å²) in [5.41, 5.74) is 5.66. The zero-order valence-corrected chi connectivity index (χ0v) is 9.42. The van der Waals surface area contributed by atoms with Crippen LogP contribution in [0.3, 0.4) is 0 Å². The summed E-state index contributed by atoms with van der Waals surface area (Å²) in [5.74, 6) is 1.83. The van der Waals surface area contributed by atoms with Gasteiger partial charge in [0.15, 0.2) is 0 Å². The first-order chi connectivity index (χ1) is 6.06. The van der Waals surface area contributed by atoms with Crippen molar-refractivity contribution in [3.05, 3.63) is 10.3 Å². The Kier molecular flexibility index (Phi) is 3.08. The molecule has 2 N–H and O–H groups in total. The molecule has 13 heavy (non-hydrogen) atoms. The van der Waals surface area contributed by atoms with Crippen LogP contribution in [0.25, 0.3) is 0 Å². The van der Waals surface area contributed by atoms with Crippen LogP contribution >= 0.6 is 15.9 Å². The maximum atomic E-state index is 5.66. The topological polar surface area (TPSA) is 61.0 Å². The molecule has 1 heterocycles. The maximum absolute atomic E-state index is 5.66. The van der Waals surface area contributed by atoms with Gasteiger partial charge in [-0.2, -0.15) is 4.98 Å². The molecule has 0 radical (unpaired) electrons. The fourth-order valence-corrected chi connectivity index (χ4v) is 1.19. The lowest BCUT2D eigenvalue weighted by Crippen LogP contribution is -2.04.